The zero-order chi connectivity index (χ0) is 13.0. The average molecular weight is 253 g/mol. The molecule has 17 heavy (non-hydrogen) atoms. The maximum Gasteiger partial charge on any atom is 0.0548 e. The molecule has 1 aromatic carbocycles. The van der Waals surface area contributed by atoms with Crippen LogP contribution in [-0.2, 0) is 10.8 Å². The number of nitrogens with one attached hydrogen (secondary N) is 1. The van der Waals surface area contributed by atoms with Crippen molar-refractivity contribution in [2.75, 3.05) is 12.8 Å². The topological polar surface area (TPSA) is 29.1 Å². The van der Waals surface area contributed by atoms with Crippen LogP contribution >= 0.6 is 0 Å². The van der Waals surface area contributed by atoms with E-state index in [4.69, 9.17) is 0 Å². The van der Waals surface area contributed by atoms with Crippen LogP contribution in [0.15, 0.2) is 23.1 Å². The molecule has 1 N–H and O–H groups in total. The van der Waals surface area contributed by atoms with Gasteiger partial charge in [-0.2, -0.15) is 0 Å². The fourth-order valence-corrected chi connectivity index (χ4v) is 3.62. The van der Waals surface area contributed by atoms with Gasteiger partial charge in [0.25, 0.3) is 0 Å². The summed E-state index contributed by atoms with van der Waals surface area (Å²) in [6.07, 6.45) is 0. The highest BCUT2D eigenvalue weighted by molar-refractivity contribution is 7.85. The maximum absolute atomic E-state index is 12.4. The van der Waals surface area contributed by atoms with E-state index < -0.39 is 10.8 Å². The Morgan fingerprint density at radius 1 is 1.29 bits per heavy atom. The van der Waals surface area contributed by atoms with E-state index in [1.807, 2.05) is 33.0 Å². The van der Waals surface area contributed by atoms with Gasteiger partial charge in [0.2, 0.25) is 0 Å². The highest BCUT2D eigenvalue weighted by atomic mass is 32.2. The van der Waals surface area contributed by atoms with E-state index in [2.05, 4.69) is 25.2 Å². The molecule has 0 spiro atoms. The lowest BCUT2D eigenvalue weighted by atomic mass is 10.1. The zero-order valence-corrected chi connectivity index (χ0v) is 12.2. The monoisotopic (exact) mass is 253 g/mol. The van der Waals surface area contributed by atoms with Gasteiger partial charge in [-0.25, -0.2) is 0 Å². The van der Waals surface area contributed by atoms with Crippen molar-refractivity contribution < 1.29 is 4.21 Å². The smallest absolute Gasteiger partial charge is 0.0548 e. The molecule has 0 saturated heterocycles. The van der Waals surface area contributed by atoms with Gasteiger partial charge in [0.1, 0.15) is 0 Å². The van der Waals surface area contributed by atoms with Crippen LogP contribution in [0.4, 0.5) is 0 Å². The van der Waals surface area contributed by atoms with Crippen molar-refractivity contribution in [3.63, 3.8) is 0 Å². The van der Waals surface area contributed by atoms with E-state index in [-0.39, 0.29) is 0 Å². The van der Waals surface area contributed by atoms with E-state index in [1.54, 1.807) is 0 Å². The molecule has 0 radical (unpaired) electrons. The molecule has 3 heteroatoms. The Morgan fingerprint density at radius 2 is 1.94 bits per heavy atom. The number of hydrogen-bond donors (Lipinski definition) is 1. The maximum atomic E-state index is 12.4. The minimum absolute atomic E-state index is 0.302. The summed E-state index contributed by atoms with van der Waals surface area (Å²) in [6.45, 7) is 8.37. The van der Waals surface area contributed by atoms with Gasteiger partial charge in [-0.3, -0.25) is 4.21 Å². The molecule has 0 bridgehead atoms. The van der Waals surface area contributed by atoms with Crippen LogP contribution in [0, 0.1) is 19.8 Å². The lowest BCUT2D eigenvalue weighted by Gasteiger charge is -2.20. The van der Waals surface area contributed by atoms with Crippen molar-refractivity contribution in [2.45, 2.75) is 38.6 Å². The molecule has 1 aromatic rings. The Bertz CT molecular complexity index is 401. The summed E-state index contributed by atoms with van der Waals surface area (Å²) in [5, 5.41) is 3.24. The molecule has 0 aliphatic carbocycles. The minimum Gasteiger partial charge on any atom is -0.316 e. The number of benzene rings is 1. The largest absolute Gasteiger partial charge is 0.316 e. The average Bonchev–Trinajstić information content (AvgIpc) is 2.28. The predicted molar refractivity (Wildman–Crippen MR) is 74.9 cm³/mol. The Labute approximate surface area is 107 Å². The van der Waals surface area contributed by atoms with E-state index in [1.165, 1.54) is 5.56 Å². The quantitative estimate of drug-likeness (QED) is 0.874. The zero-order valence-electron chi connectivity index (χ0n) is 11.4. The van der Waals surface area contributed by atoms with Gasteiger partial charge in [0, 0.05) is 16.7 Å². The number of aryl methyl sites for hydroxylation is 2. The van der Waals surface area contributed by atoms with E-state index in [0.717, 1.165) is 10.5 Å². The van der Waals surface area contributed by atoms with Crippen molar-refractivity contribution in [3.8, 4) is 0 Å². The van der Waals surface area contributed by atoms with Crippen molar-refractivity contribution in [3.05, 3.63) is 29.3 Å². The molecule has 0 aliphatic heterocycles. The van der Waals surface area contributed by atoms with E-state index in [0.29, 0.717) is 17.7 Å². The van der Waals surface area contributed by atoms with E-state index >= 15 is 0 Å². The Morgan fingerprint density at radius 3 is 2.47 bits per heavy atom. The van der Waals surface area contributed by atoms with Gasteiger partial charge in [-0.05, 0) is 44.0 Å². The number of rotatable bonds is 5. The molecule has 0 fully saturated rings. The highest BCUT2D eigenvalue weighted by Crippen LogP contribution is 2.17. The van der Waals surface area contributed by atoms with Crippen LogP contribution in [0.5, 0.6) is 0 Å². The summed E-state index contributed by atoms with van der Waals surface area (Å²) >= 11 is 0. The van der Waals surface area contributed by atoms with Crippen LogP contribution in [-0.4, -0.2) is 23.1 Å². The van der Waals surface area contributed by atoms with Crippen LogP contribution in [0.3, 0.4) is 0 Å². The lowest BCUT2D eigenvalue weighted by molar-refractivity contribution is 0.461. The summed E-state index contributed by atoms with van der Waals surface area (Å²) in [7, 11) is 1.02. The van der Waals surface area contributed by atoms with Gasteiger partial charge in [0.15, 0.2) is 0 Å². The highest BCUT2D eigenvalue weighted by Gasteiger charge is 2.16. The molecule has 0 aliphatic rings. The Kier molecular flexibility index (Phi) is 5.34. The van der Waals surface area contributed by atoms with Gasteiger partial charge >= 0.3 is 0 Å². The summed E-state index contributed by atoms with van der Waals surface area (Å²) < 4.78 is 12.4. The van der Waals surface area contributed by atoms with Crippen LogP contribution in [0.1, 0.15) is 25.0 Å². The lowest BCUT2D eigenvalue weighted by Crippen LogP contribution is -2.35. The number of hydrogen-bond acceptors (Lipinski definition) is 2. The molecule has 0 saturated carbocycles. The molecule has 2 unspecified atom stereocenters. The standard InChI is InChI=1S/C14H23NOS/c1-10(2)13(15-5)9-17(16)14-8-11(3)6-7-12(14)4/h6-8,10,13,15H,9H2,1-5H3. The second-order valence-corrected chi connectivity index (χ2v) is 6.38. The molecule has 0 amide bonds. The first kappa shape index (κ1) is 14.4. The van der Waals surface area contributed by atoms with Crippen molar-refractivity contribution in [1.29, 1.82) is 0 Å². The van der Waals surface area contributed by atoms with Gasteiger partial charge in [0.05, 0.1) is 10.8 Å². The van der Waals surface area contributed by atoms with Crippen molar-refractivity contribution >= 4 is 10.8 Å². The van der Waals surface area contributed by atoms with Crippen molar-refractivity contribution in [1.82, 2.24) is 5.32 Å². The van der Waals surface area contributed by atoms with Crippen LogP contribution < -0.4 is 5.32 Å². The Balaban J connectivity index is 2.86. The second kappa shape index (κ2) is 6.31. The Hall–Kier alpha value is -0.670. The first-order chi connectivity index (χ1) is 7.95. The molecule has 2 nitrogen and oxygen atoms in total. The fourth-order valence-electron chi connectivity index (χ4n) is 1.81. The third-order valence-electron chi connectivity index (χ3n) is 3.10. The molecule has 2 atom stereocenters. The SMILES string of the molecule is CNC(CS(=O)c1cc(C)ccc1C)C(C)C. The second-order valence-electron chi connectivity index (χ2n) is 4.92. The van der Waals surface area contributed by atoms with Gasteiger partial charge in [-0.1, -0.05) is 26.0 Å². The summed E-state index contributed by atoms with van der Waals surface area (Å²) in [5.41, 5.74) is 2.29. The van der Waals surface area contributed by atoms with Crippen LogP contribution in [0.2, 0.25) is 0 Å². The molecule has 96 valence electrons. The molecule has 0 aromatic heterocycles. The van der Waals surface area contributed by atoms with E-state index in [9.17, 15) is 4.21 Å². The van der Waals surface area contributed by atoms with Crippen molar-refractivity contribution in [2.24, 2.45) is 5.92 Å². The summed E-state index contributed by atoms with van der Waals surface area (Å²) in [4.78, 5) is 0.978. The normalized spacial score (nSPS) is 14.9. The predicted octanol–water partition coefficient (Wildman–Crippen LogP) is 2.66. The summed E-state index contributed by atoms with van der Waals surface area (Å²) in [5.74, 6) is 1.17. The minimum atomic E-state index is -0.918. The van der Waals surface area contributed by atoms with Crippen LogP contribution in [0.25, 0.3) is 0 Å². The molecular weight excluding hydrogens is 230 g/mol. The molecule has 0 heterocycles. The fraction of sp³-hybridized carbons (Fsp3) is 0.571. The third kappa shape index (κ3) is 3.93. The third-order valence-corrected chi connectivity index (χ3v) is 4.69. The van der Waals surface area contributed by atoms with Gasteiger partial charge in [-0.15, -0.1) is 0 Å². The summed E-state index contributed by atoms with van der Waals surface area (Å²) in [6, 6.07) is 6.45. The molecule has 1 rings (SSSR count). The first-order valence-corrected chi connectivity index (χ1v) is 7.40. The molecular formula is C14H23NOS. The van der Waals surface area contributed by atoms with Gasteiger partial charge < -0.3 is 5.32 Å². The first-order valence-electron chi connectivity index (χ1n) is 6.08.